The van der Waals surface area contributed by atoms with Gasteiger partial charge in [0.25, 0.3) is 0 Å². The van der Waals surface area contributed by atoms with E-state index in [2.05, 4.69) is 179 Å². The third-order valence-electron chi connectivity index (χ3n) is 10.3. The van der Waals surface area contributed by atoms with Gasteiger partial charge in [-0.25, -0.2) is 9.97 Å². The van der Waals surface area contributed by atoms with Gasteiger partial charge in [-0.2, -0.15) is 0 Å². The van der Waals surface area contributed by atoms with Crippen LogP contribution in [0.5, 0.6) is 0 Å². The van der Waals surface area contributed by atoms with Crippen LogP contribution in [0.15, 0.2) is 170 Å². The van der Waals surface area contributed by atoms with E-state index in [9.17, 15) is 0 Å². The molecule has 4 heteroatoms. The van der Waals surface area contributed by atoms with Crippen molar-refractivity contribution >= 4 is 76.1 Å². The number of fused-ring (bicyclic) bond motifs is 9. The first kappa shape index (κ1) is 27.2. The van der Waals surface area contributed by atoms with E-state index in [-0.39, 0.29) is 0 Å². The monoisotopic (exact) mass is 636 g/mol. The summed E-state index contributed by atoms with van der Waals surface area (Å²) >= 11 is 0. The minimum Gasteiger partial charge on any atom is -0.309 e. The molecule has 0 saturated carbocycles. The molecule has 11 aromatic rings. The number of nitrogens with zero attached hydrogens (tertiary/aromatic N) is 4. The lowest BCUT2D eigenvalue weighted by atomic mass is 10.0. The molecule has 0 aliphatic rings. The zero-order valence-electron chi connectivity index (χ0n) is 27.0. The van der Waals surface area contributed by atoms with Gasteiger partial charge in [-0.05, 0) is 58.6 Å². The predicted molar refractivity (Wildman–Crippen MR) is 209 cm³/mol. The first-order chi connectivity index (χ1) is 24.8. The van der Waals surface area contributed by atoms with Gasteiger partial charge in [-0.15, -0.1) is 0 Å². The van der Waals surface area contributed by atoms with E-state index in [0.29, 0.717) is 5.95 Å². The molecule has 232 valence electrons. The Hall–Kier alpha value is -6.78. The van der Waals surface area contributed by atoms with Crippen LogP contribution in [0, 0.1) is 0 Å². The minimum absolute atomic E-state index is 0.662. The number of benzene rings is 8. The maximum Gasteiger partial charge on any atom is 0.235 e. The molecular weight excluding hydrogens is 609 g/mol. The van der Waals surface area contributed by atoms with Crippen molar-refractivity contribution in [2.24, 2.45) is 0 Å². The molecule has 0 bridgehead atoms. The average molecular weight is 637 g/mol. The Bertz CT molecular complexity index is 3160. The molecule has 11 rings (SSSR count). The van der Waals surface area contributed by atoms with Gasteiger partial charge in [0.2, 0.25) is 5.95 Å². The molecule has 3 aromatic heterocycles. The summed E-state index contributed by atoms with van der Waals surface area (Å²) in [5.41, 5.74) is 8.55. The summed E-state index contributed by atoms with van der Waals surface area (Å²) in [6, 6.07) is 60.8. The Kier molecular flexibility index (Phi) is 5.63. The van der Waals surface area contributed by atoms with Crippen LogP contribution in [-0.4, -0.2) is 19.1 Å². The van der Waals surface area contributed by atoms with Crippen molar-refractivity contribution < 1.29 is 0 Å². The fourth-order valence-corrected chi connectivity index (χ4v) is 8.04. The van der Waals surface area contributed by atoms with Crippen molar-refractivity contribution in [3.8, 4) is 22.9 Å². The van der Waals surface area contributed by atoms with Crippen LogP contribution in [0.2, 0.25) is 0 Å². The molecule has 0 amide bonds. The van der Waals surface area contributed by atoms with Crippen LogP contribution in [0.25, 0.3) is 99.0 Å². The van der Waals surface area contributed by atoms with Crippen molar-refractivity contribution in [3.63, 3.8) is 0 Å². The van der Waals surface area contributed by atoms with E-state index in [0.717, 1.165) is 44.4 Å². The average Bonchev–Trinajstić information content (AvgIpc) is 3.68. The zero-order valence-corrected chi connectivity index (χ0v) is 27.0. The molecule has 0 aliphatic carbocycles. The Morgan fingerprint density at radius 2 is 0.920 bits per heavy atom. The summed E-state index contributed by atoms with van der Waals surface area (Å²) < 4.78 is 4.65. The molecule has 3 heterocycles. The van der Waals surface area contributed by atoms with Crippen molar-refractivity contribution in [3.05, 3.63) is 170 Å². The van der Waals surface area contributed by atoms with Crippen molar-refractivity contribution in [2.75, 3.05) is 0 Å². The molecule has 0 atom stereocenters. The summed E-state index contributed by atoms with van der Waals surface area (Å²) in [5.74, 6) is 0.662. The minimum atomic E-state index is 0.662. The Morgan fingerprint density at radius 1 is 0.340 bits per heavy atom. The van der Waals surface area contributed by atoms with E-state index >= 15 is 0 Å². The summed E-state index contributed by atoms with van der Waals surface area (Å²) in [5, 5.41) is 10.7. The second kappa shape index (κ2) is 10.4. The second-order valence-electron chi connectivity index (χ2n) is 13.0. The van der Waals surface area contributed by atoms with Gasteiger partial charge < -0.3 is 4.57 Å². The van der Waals surface area contributed by atoms with Crippen molar-refractivity contribution in [2.45, 2.75) is 0 Å². The van der Waals surface area contributed by atoms with Crippen molar-refractivity contribution in [1.82, 2.24) is 19.1 Å². The number of aromatic nitrogens is 4. The smallest absolute Gasteiger partial charge is 0.235 e. The summed E-state index contributed by atoms with van der Waals surface area (Å²) in [6.07, 6.45) is 0. The Balaban J connectivity index is 1.22. The fourth-order valence-electron chi connectivity index (χ4n) is 8.04. The molecular formula is C46H28N4. The molecule has 0 saturated heterocycles. The number of hydrogen-bond acceptors (Lipinski definition) is 2. The first-order valence-corrected chi connectivity index (χ1v) is 17.0. The van der Waals surface area contributed by atoms with Crippen molar-refractivity contribution in [1.29, 1.82) is 0 Å². The number of para-hydroxylation sites is 3. The highest BCUT2D eigenvalue weighted by Gasteiger charge is 2.20. The van der Waals surface area contributed by atoms with Crippen LogP contribution in [0.4, 0.5) is 0 Å². The quantitative estimate of drug-likeness (QED) is 0.193. The lowest BCUT2D eigenvalue weighted by molar-refractivity contribution is 1.01. The zero-order chi connectivity index (χ0) is 32.8. The number of hydrogen-bond donors (Lipinski definition) is 0. The van der Waals surface area contributed by atoms with Gasteiger partial charge in [0, 0.05) is 37.9 Å². The van der Waals surface area contributed by atoms with Gasteiger partial charge in [0.15, 0.2) is 0 Å². The van der Waals surface area contributed by atoms with Crippen LogP contribution >= 0.6 is 0 Å². The summed E-state index contributed by atoms with van der Waals surface area (Å²) in [6.45, 7) is 0. The maximum absolute atomic E-state index is 5.45. The van der Waals surface area contributed by atoms with E-state index < -0.39 is 0 Å². The van der Waals surface area contributed by atoms with Gasteiger partial charge >= 0.3 is 0 Å². The Morgan fingerprint density at radius 3 is 1.74 bits per heavy atom. The lowest BCUT2D eigenvalue weighted by Crippen LogP contribution is -2.03. The third-order valence-corrected chi connectivity index (χ3v) is 10.3. The topological polar surface area (TPSA) is 35.6 Å². The van der Waals surface area contributed by atoms with Gasteiger partial charge in [-0.1, -0.05) is 127 Å². The van der Waals surface area contributed by atoms with E-state index in [4.69, 9.17) is 9.97 Å². The predicted octanol–water partition coefficient (Wildman–Crippen LogP) is 11.8. The molecule has 0 unspecified atom stereocenters. The molecule has 0 fully saturated rings. The second-order valence-corrected chi connectivity index (χ2v) is 13.0. The van der Waals surface area contributed by atoms with E-state index in [1.807, 2.05) is 0 Å². The van der Waals surface area contributed by atoms with Crippen LogP contribution in [0.3, 0.4) is 0 Å². The molecule has 0 N–H and O–H groups in total. The normalized spacial score (nSPS) is 12.0. The molecule has 8 aromatic carbocycles. The summed E-state index contributed by atoms with van der Waals surface area (Å²) in [7, 11) is 0. The van der Waals surface area contributed by atoms with Gasteiger partial charge in [0.05, 0.1) is 39.0 Å². The third kappa shape index (κ3) is 3.87. The van der Waals surface area contributed by atoms with E-state index in [1.165, 1.54) is 48.6 Å². The van der Waals surface area contributed by atoms with Gasteiger partial charge in [-0.3, -0.25) is 4.57 Å². The number of rotatable bonds is 3. The molecule has 0 spiro atoms. The summed E-state index contributed by atoms with van der Waals surface area (Å²) in [4.78, 5) is 10.7. The highest BCUT2D eigenvalue weighted by Crippen LogP contribution is 2.39. The Labute approximate surface area is 287 Å². The largest absolute Gasteiger partial charge is 0.309 e. The van der Waals surface area contributed by atoms with Crippen LogP contribution in [0.1, 0.15) is 0 Å². The molecule has 0 aliphatic heterocycles. The van der Waals surface area contributed by atoms with Gasteiger partial charge in [0.1, 0.15) is 0 Å². The van der Waals surface area contributed by atoms with Crippen LogP contribution in [-0.2, 0) is 0 Å². The maximum atomic E-state index is 5.45. The lowest BCUT2D eigenvalue weighted by Gasteiger charge is -2.14. The SMILES string of the molecule is c1ccc2cc3c(cc2c1)c1ccccc1n3-c1nc(-c2ccc3c4ccccc4n(-c4cccc5ccccc45)c3c2)c2ccccc2n1. The fraction of sp³-hybridized carbons (Fsp3) is 0. The first-order valence-electron chi connectivity index (χ1n) is 17.0. The van der Waals surface area contributed by atoms with Crippen LogP contribution < -0.4 is 0 Å². The standard InChI is InChI=1S/C46H28N4/c1-2-14-31-27-44-38(26-30(31)13-1)35-18-7-10-22-42(35)50(44)46-47-39-20-8-5-19-37(39)45(48-46)32-24-25-36-34-17-6-9-21-41(34)49(43(36)28-32)40-23-11-15-29-12-3-4-16-33(29)40/h1-28H. The molecule has 50 heavy (non-hydrogen) atoms. The van der Waals surface area contributed by atoms with E-state index in [1.54, 1.807) is 0 Å². The molecule has 0 radical (unpaired) electrons. The molecule has 4 nitrogen and oxygen atoms in total. The highest BCUT2D eigenvalue weighted by atomic mass is 15.2. The highest BCUT2D eigenvalue weighted by molar-refractivity contribution is 6.14.